The summed E-state index contributed by atoms with van der Waals surface area (Å²) < 4.78 is 1.73. The van der Waals surface area contributed by atoms with Gasteiger partial charge >= 0.3 is 0 Å². The molecule has 2 aromatic rings. The quantitative estimate of drug-likeness (QED) is 0.810. The van der Waals surface area contributed by atoms with Crippen LogP contribution in [0.2, 0.25) is 10.0 Å². The van der Waals surface area contributed by atoms with Gasteiger partial charge in [-0.2, -0.15) is 5.10 Å². The van der Waals surface area contributed by atoms with Crippen molar-refractivity contribution in [1.82, 2.24) is 14.8 Å². The Hall–Kier alpha value is -1.06. The molecule has 78 valence electrons. The van der Waals surface area contributed by atoms with Crippen LogP contribution in [0.1, 0.15) is 11.4 Å². The monoisotopic (exact) mass is 241 g/mol. The standard InChI is InChI=1S/C10H9Cl2N3/c1-7-13-6-15(14-7)5-8-3-2-4-9(11)10(8)12/h2-4,6H,5H2,1H3. The molecule has 0 aliphatic heterocycles. The topological polar surface area (TPSA) is 30.7 Å². The summed E-state index contributed by atoms with van der Waals surface area (Å²) in [5.74, 6) is 0.744. The first-order valence-electron chi connectivity index (χ1n) is 4.46. The number of nitrogens with zero attached hydrogens (tertiary/aromatic N) is 3. The number of aromatic nitrogens is 3. The van der Waals surface area contributed by atoms with Crippen LogP contribution in [0.4, 0.5) is 0 Å². The Kier molecular flexibility index (Phi) is 2.93. The molecule has 1 aromatic carbocycles. The Morgan fingerprint density at radius 2 is 2.13 bits per heavy atom. The van der Waals surface area contributed by atoms with E-state index in [-0.39, 0.29) is 0 Å². The molecule has 0 unspecified atom stereocenters. The molecule has 5 heteroatoms. The van der Waals surface area contributed by atoms with Crippen LogP contribution in [0.25, 0.3) is 0 Å². The highest BCUT2D eigenvalue weighted by Gasteiger charge is 2.05. The van der Waals surface area contributed by atoms with Crippen molar-refractivity contribution in [3.05, 3.63) is 46.0 Å². The third-order valence-corrected chi connectivity index (χ3v) is 2.87. The lowest BCUT2D eigenvalue weighted by Crippen LogP contribution is -2.01. The molecule has 0 bridgehead atoms. The number of rotatable bonds is 2. The highest BCUT2D eigenvalue weighted by molar-refractivity contribution is 6.42. The van der Waals surface area contributed by atoms with Gasteiger partial charge in [0, 0.05) is 0 Å². The van der Waals surface area contributed by atoms with E-state index in [1.807, 2.05) is 19.1 Å². The molecule has 1 aromatic heterocycles. The summed E-state index contributed by atoms with van der Waals surface area (Å²) in [6, 6.07) is 5.55. The average molecular weight is 242 g/mol. The van der Waals surface area contributed by atoms with Crippen molar-refractivity contribution < 1.29 is 0 Å². The molecule has 0 saturated carbocycles. The third-order valence-electron chi connectivity index (χ3n) is 2.01. The molecule has 0 aliphatic rings. The van der Waals surface area contributed by atoms with E-state index in [4.69, 9.17) is 23.2 Å². The molecule has 2 rings (SSSR count). The van der Waals surface area contributed by atoms with Crippen molar-refractivity contribution in [2.75, 3.05) is 0 Å². The van der Waals surface area contributed by atoms with Crippen LogP contribution in [0.15, 0.2) is 24.5 Å². The average Bonchev–Trinajstić information content (AvgIpc) is 2.59. The van der Waals surface area contributed by atoms with Crippen molar-refractivity contribution in [2.24, 2.45) is 0 Å². The van der Waals surface area contributed by atoms with E-state index in [1.54, 1.807) is 17.1 Å². The van der Waals surface area contributed by atoms with Crippen molar-refractivity contribution in [1.29, 1.82) is 0 Å². The first-order valence-corrected chi connectivity index (χ1v) is 5.21. The highest BCUT2D eigenvalue weighted by Crippen LogP contribution is 2.25. The van der Waals surface area contributed by atoms with Crippen LogP contribution in [-0.4, -0.2) is 14.8 Å². The lowest BCUT2D eigenvalue weighted by Gasteiger charge is -2.04. The Bertz CT molecular complexity index is 479. The predicted molar refractivity (Wildman–Crippen MR) is 60.3 cm³/mol. The summed E-state index contributed by atoms with van der Waals surface area (Å²) in [4.78, 5) is 4.04. The second-order valence-electron chi connectivity index (χ2n) is 3.20. The summed E-state index contributed by atoms with van der Waals surface area (Å²) >= 11 is 12.0. The molecular formula is C10H9Cl2N3. The molecule has 0 N–H and O–H groups in total. The van der Waals surface area contributed by atoms with Gasteiger partial charge in [-0.15, -0.1) is 0 Å². The fourth-order valence-electron chi connectivity index (χ4n) is 1.31. The molecule has 1 heterocycles. The predicted octanol–water partition coefficient (Wildman–Crippen LogP) is 2.94. The van der Waals surface area contributed by atoms with Crippen LogP contribution in [0.3, 0.4) is 0 Å². The maximum Gasteiger partial charge on any atom is 0.147 e. The van der Waals surface area contributed by atoms with E-state index >= 15 is 0 Å². The zero-order valence-electron chi connectivity index (χ0n) is 8.11. The molecular weight excluding hydrogens is 233 g/mol. The van der Waals surface area contributed by atoms with E-state index in [1.165, 1.54) is 0 Å². The van der Waals surface area contributed by atoms with E-state index in [2.05, 4.69) is 10.1 Å². The van der Waals surface area contributed by atoms with Crippen molar-refractivity contribution in [2.45, 2.75) is 13.5 Å². The van der Waals surface area contributed by atoms with Crippen LogP contribution < -0.4 is 0 Å². The highest BCUT2D eigenvalue weighted by atomic mass is 35.5. The fourth-order valence-corrected chi connectivity index (χ4v) is 1.69. The van der Waals surface area contributed by atoms with Gasteiger partial charge in [-0.05, 0) is 18.6 Å². The van der Waals surface area contributed by atoms with Gasteiger partial charge in [0.15, 0.2) is 0 Å². The number of benzene rings is 1. The maximum atomic E-state index is 6.06. The zero-order chi connectivity index (χ0) is 10.8. The summed E-state index contributed by atoms with van der Waals surface area (Å²) in [7, 11) is 0. The van der Waals surface area contributed by atoms with Gasteiger partial charge in [-0.3, -0.25) is 0 Å². The first kappa shape index (κ1) is 10.5. The fraction of sp³-hybridized carbons (Fsp3) is 0.200. The molecule has 0 aliphatic carbocycles. The summed E-state index contributed by atoms with van der Waals surface area (Å²) in [6.45, 7) is 2.43. The lowest BCUT2D eigenvalue weighted by molar-refractivity contribution is 0.679. The van der Waals surface area contributed by atoms with Gasteiger partial charge in [0.25, 0.3) is 0 Å². The van der Waals surface area contributed by atoms with Crippen molar-refractivity contribution >= 4 is 23.2 Å². The van der Waals surface area contributed by atoms with Crippen LogP contribution in [-0.2, 0) is 6.54 Å². The third kappa shape index (κ3) is 2.30. The molecule has 0 radical (unpaired) electrons. The van der Waals surface area contributed by atoms with Gasteiger partial charge in [0.1, 0.15) is 12.2 Å². The van der Waals surface area contributed by atoms with Crippen molar-refractivity contribution in [3.63, 3.8) is 0 Å². The normalized spacial score (nSPS) is 10.6. The maximum absolute atomic E-state index is 6.06. The number of halogens is 2. The summed E-state index contributed by atoms with van der Waals surface area (Å²) in [5, 5.41) is 5.32. The summed E-state index contributed by atoms with van der Waals surface area (Å²) in [5.41, 5.74) is 0.939. The van der Waals surface area contributed by atoms with Gasteiger partial charge in [-0.25, -0.2) is 9.67 Å². The minimum absolute atomic E-state index is 0.561. The SMILES string of the molecule is Cc1ncn(Cc2cccc(Cl)c2Cl)n1. The summed E-state index contributed by atoms with van der Waals surface area (Å²) in [6.07, 6.45) is 1.67. The van der Waals surface area contributed by atoms with Gasteiger partial charge in [0.2, 0.25) is 0 Å². The second-order valence-corrected chi connectivity index (χ2v) is 3.99. The number of hydrogen-bond donors (Lipinski definition) is 0. The number of hydrogen-bond acceptors (Lipinski definition) is 2. The Labute approximate surface area is 97.7 Å². The molecule has 0 fully saturated rings. The molecule has 15 heavy (non-hydrogen) atoms. The minimum atomic E-state index is 0.561. The molecule has 0 amide bonds. The minimum Gasteiger partial charge on any atom is -0.248 e. The number of aryl methyl sites for hydroxylation is 1. The van der Waals surface area contributed by atoms with Crippen molar-refractivity contribution in [3.8, 4) is 0 Å². The van der Waals surface area contributed by atoms with Gasteiger partial charge in [-0.1, -0.05) is 35.3 Å². The Morgan fingerprint density at radius 3 is 2.80 bits per heavy atom. The van der Waals surface area contributed by atoms with E-state index in [0.717, 1.165) is 11.4 Å². The smallest absolute Gasteiger partial charge is 0.147 e. The Balaban J connectivity index is 2.28. The lowest BCUT2D eigenvalue weighted by atomic mass is 10.2. The van der Waals surface area contributed by atoms with E-state index < -0.39 is 0 Å². The van der Waals surface area contributed by atoms with Gasteiger partial charge < -0.3 is 0 Å². The molecule has 0 spiro atoms. The van der Waals surface area contributed by atoms with E-state index in [9.17, 15) is 0 Å². The molecule has 0 saturated heterocycles. The van der Waals surface area contributed by atoms with Gasteiger partial charge in [0.05, 0.1) is 16.6 Å². The van der Waals surface area contributed by atoms with Crippen LogP contribution >= 0.6 is 23.2 Å². The zero-order valence-corrected chi connectivity index (χ0v) is 9.63. The first-order chi connectivity index (χ1) is 7.16. The second kappa shape index (κ2) is 4.21. The van der Waals surface area contributed by atoms with Crippen LogP contribution in [0.5, 0.6) is 0 Å². The molecule has 0 atom stereocenters. The molecule has 3 nitrogen and oxygen atoms in total. The Morgan fingerprint density at radius 1 is 1.33 bits per heavy atom. The van der Waals surface area contributed by atoms with Crippen LogP contribution in [0, 0.1) is 6.92 Å². The van der Waals surface area contributed by atoms with E-state index in [0.29, 0.717) is 16.6 Å². The largest absolute Gasteiger partial charge is 0.248 e.